The normalized spacial score (nSPS) is 8.90. The summed E-state index contributed by atoms with van der Waals surface area (Å²) in [5, 5.41) is 2.32. The molecule has 0 bridgehead atoms. The summed E-state index contributed by atoms with van der Waals surface area (Å²) < 4.78 is 0. The Hall–Kier alpha value is -0.770. The molecule has 0 unspecified atom stereocenters. The topological polar surface area (TPSA) is 72.2 Å². The third-order valence-electron chi connectivity index (χ3n) is 0.862. The molecule has 0 radical (unpaired) electrons. The van der Waals surface area contributed by atoms with Gasteiger partial charge in [-0.05, 0) is 0 Å². The molecule has 0 fully saturated rings. The van der Waals surface area contributed by atoms with Crippen molar-refractivity contribution in [3.8, 4) is 0 Å². The molecule has 5 heteroatoms. The number of nitrogens with two attached hydrogens (primary N) is 1. The highest BCUT2D eigenvalue weighted by atomic mass is 35.5. The molecule has 0 saturated carbocycles. The zero-order chi connectivity index (χ0) is 7.98. The largest absolute Gasteiger partial charge is 0.370 e. The molecule has 3 N–H and O–H groups in total. The van der Waals surface area contributed by atoms with Crippen LogP contribution in [0.2, 0.25) is 0 Å². The Morgan fingerprint density at radius 3 is 2.40 bits per heavy atom. The molecule has 10 heavy (non-hydrogen) atoms. The molecule has 0 atom stereocenters. The van der Waals surface area contributed by atoms with Gasteiger partial charge < -0.3 is 11.1 Å². The fourth-order valence-electron chi connectivity index (χ4n) is 0.400. The Morgan fingerprint density at radius 1 is 1.40 bits per heavy atom. The molecule has 0 aliphatic carbocycles. The second-order valence-electron chi connectivity index (χ2n) is 1.70. The Morgan fingerprint density at radius 2 is 2.00 bits per heavy atom. The van der Waals surface area contributed by atoms with Gasteiger partial charge >= 0.3 is 0 Å². The summed E-state index contributed by atoms with van der Waals surface area (Å²) in [5.74, 6) is -0.737. The van der Waals surface area contributed by atoms with Crippen molar-refractivity contribution in [3.63, 3.8) is 0 Å². The maximum absolute atomic E-state index is 10.5. The van der Waals surface area contributed by atoms with E-state index in [9.17, 15) is 9.59 Å². The lowest BCUT2D eigenvalue weighted by Crippen LogP contribution is -2.23. The Labute approximate surface area is 63.7 Å². The van der Waals surface area contributed by atoms with Crippen molar-refractivity contribution in [1.82, 2.24) is 5.32 Å². The minimum absolute atomic E-state index is 0.0671. The number of alkyl halides is 1. The predicted octanol–water partition coefficient (Wildman–Crippen LogP) is -0.436. The first-order chi connectivity index (χ1) is 4.66. The van der Waals surface area contributed by atoms with Crippen LogP contribution in [0.1, 0.15) is 12.8 Å². The van der Waals surface area contributed by atoms with E-state index in [2.05, 4.69) is 5.32 Å². The van der Waals surface area contributed by atoms with E-state index in [4.69, 9.17) is 17.3 Å². The number of hydrogen-bond acceptors (Lipinski definition) is 2. The number of primary amides is 1. The minimum atomic E-state index is -0.482. The predicted molar refractivity (Wildman–Crippen MR) is 37.3 cm³/mol. The van der Waals surface area contributed by atoms with Gasteiger partial charge in [0, 0.05) is 12.8 Å². The number of halogens is 1. The van der Waals surface area contributed by atoms with Gasteiger partial charge in [-0.15, -0.1) is 11.6 Å². The van der Waals surface area contributed by atoms with E-state index in [1.165, 1.54) is 0 Å². The van der Waals surface area contributed by atoms with E-state index < -0.39 is 5.91 Å². The molecule has 0 aromatic rings. The van der Waals surface area contributed by atoms with Crippen molar-refractivity contribution in [2.45, 2.75) is 12.8 Å². The quantitative estimate of drug-likeness (QED) is 0.437. The van der Waals surface area contributed by atoms with Gasteiger partial charge in [-0.1, -0.05) is 0 Å². The van der Waals surface area contributed by atoms with Gasteiger partial charge in [0.05, 0.1) is 6.00 Å². The van der Waals surface area contributed by atoms with Crippen LogP contribution in [-0.4, -0.2) is 17.8 Å². The van der Waals surface area contributed by atoms with Crippen LogP contribution in [0, 0.1) is 0 Å². The summed E-state index contributed by atoms with van der Waals surface area (Å²) in [7, 11) is 0. The standard InChI is InChI=1S/C5H9ClN2O2/c6-3-8-5(10)2-1-4(7)9/h1-3H2,(H2,7,9)(H,8,10). The lowest BCUT2D eigenvalue weighted by molar-refractivity contribution is -0.124. The smallest absolute Gasteiger partial charge is 0.221 e. The average molecular weight is 165 g/mol. The van der Waals surface area contributed by atoms with Crippen molar-refractivity contribution in [2.24, 2.45) is 5.73 Å². The molecule has 0 aliphatic heterocycles. The number of nitrogens with one attached hydrogen (secondary N) is 1. The highest BCUT2D eigenvalue weighted by Gasteiger charge is 2.01. The highest BCUT2D eigenvalue weighted by molar-refractivity contribution is 6.18. The van der Waals surface area contributed by atoms with Gasteiger partial charge in [0.1, 0.15) is 0 Å². The van der Waals surface area contributed by atoms with Gasteiger partial charge in [0.2, 0.25) is 11.8 Å². The average Bonchev–Trinajstić information content (AvgIpc) is 1.85. The molecule has 58 valence electrons. The maximum Gasteiger partial charge on any atom is 0.221 e. The third-order valence-corrected chi connectivity index (χ3v) is 0.996. The summed E-state index contributed by atoms with van der Waals surface area (Å²) in [6.45, 7) is 0. The van der Waals surface area contributed by atoms with Crippen LogP contribution in [0.5, 0.6) is 0 Å². The summed E-state index contributed by atoms with van der Waals surface area (Å²) >= 11 is 5.16. The molecule has 0 aliphatic rings. The van der Waals surface area contributed by atoms with E-state index in [1.807, 2.05) is 0 Å². The van der Waals surface area contributed by atoms with E-state index in [0.29, 0.717) is 0 Å². The summed E-state index contributed by atoms with van der Waals surface area (Å²) in [5.41, 5.74) is 4.78. The first-order valence-electron chi connectivity index (χ1n) is 2.77. The zero-order valence-electron chi connectivity index (χ0n) is 5.39. The Balaban J connectivity index is 3.30. The van der Waals surface area contributed by atoms with Gasteiger partial charge in [0.15, 0.2) is 0 Å². The summed E-state index contributed by atoms with van der Waals surface area (Å²) in [6.07, 6.45) is 0.185. The SMILES string of the molecule is NC(=O)CCC(=O)NCCl. The second kappa shape index (κ2) is 5.05. The van der Waals surface area contributed by atoms with Crippen molar-refractivity contribution in [2.75, 3.05) is 6.00 Å². The fraction of sp³-hybridized carbons (Fsp3) is 0.600. The molecule has 0 saturated heterocycles. The monoisotopic (exact) mass is 164 g/mol. The molecular weight excluding hydrogens is 156 g/mol. The van der Waals surface area contributed by atoms with Crippen LogP contribution < -0.4 is 11.1 Å². The summed E-state index contributed by atoms with van der Waals surface area (Å²) in [6, 6.07) is 0.0671. The van der Waals surface area contributed by atoms with E-state index in [1.54, 1.807) is 0 Å². The highest BCUT2D eigenvalue weighted by Crippen LogP contribution is 1.86. The lowest BCUT2D eigenvalue weighted by Gasteiger charge is -1.96. The van der Waals surface area contributed by atoms with Crippen molar-refractivity contribution < 1.29 is 9.59 Å². The van der Waals surface area contributed by atoms with Crippen LogP contribution in [0.4, 0.5) is 0 Å². The number of hydrogen-bond donors (Lipinski definition) is 2. The molecule has 0 rings (SSSR count). The van der Waals surface area contributed by atoms with Crippen LogP contribution in [0.25, 0.3) is 0 Å². The first-order valence-corrected chi connectivity index (χ1v) is 3.31. The van der Waals surface area contributed by atoms with Gasteiger partial charge in [0.25, 0.3) is 0 Å². The number of amides is 2. The maximum atomic E-state index is 10.5. The van der Waals surface area contributed by atoms with Gasteiger partial charge in [-0.3, -0.25) is 9.59 Å². The van der Waals surface area contributed by atoms with Crippen LogP contribution in [0.15, 0.2) is 0 Å². The minimum Gasteiger partial charge on any atom is -0.370 e. The first kappa shape index (κ1) is 9.23. The summed E-state index contributed by atoms with van der Waals surface area (Å²) in [4.78, 5) is 20.7. The zero-order valence-corrected chi connectivity index (χ0v) is 6.15. The van der Waals surface area contributed by atoms with Crippen molar-refractivity contribution >= 4 is 23.4 Å². The molecule has 0 heterocycles. The van der Waals surface area contributed by atoms with Crippen LogP contribution in [0.3, 0.4) is 0 Å². The van der Waals surface area contributed by atoms with E-state index in [-0.39, 0.29) is 24.8 Å². The number of carbonyl (C=O) groups excluding carboxylic acids is 2. The molecular formula is C5H9ClN2O2. The van der Waals surface area contributed by atoms with Crippen molar-refractivity contribution in [3.05, 3.63) is 0 Å². The molecule has 0 aromatic carbocycles. The second-order valence-corrected chi connectivity index (χ2v) is 1.97. The van der Waals surface area contributed by atoms with E-state index in [0.717, 1.165) is 0 Å². The van der Waals surface area contributed by atoms with Gasteiger partial charge in [-0.2, -0.15) is 0 Å². The Kier molecular flexibility index (Phi) is 4.66. The number of rotatable bonds is 4. The number of carbonyl (C=O) groups is 2. The third kappa shape index (κ3) is 5.37. The van der Waals surface area contributed by atoms with Crippen LogP contribution in [-0.2, 0) is 9.59 Å². The van der Waals surface area contributed by atoms with Gasteiger partial charge in [-0.25, -0.2) is 0 Å². The lowest BCUT2D eigenvalue weighted by atomic mass is 10.3. The van der Waals surface area contributed by atoms with Crippen molar-refractivity contribution in [1.29, 1.82) is 0 Å². The molecule has 4 nitrogen and oxygen atoms in total. The molecule has 0 aromatic heterocycles. The Bertz CT molecular complexity index is 138. The fourth-order valence-corrected chi connectivity index (χ4v) is 0.549. The van der Waals surface area contributed by atoms with Crippen LogP contribution >= 0.6 is 11.6 Å². The molecule has 2 amide bonds. The van der Waals surface area contributed by atoms with E-state index >= 15 is 0 Å². The molecule has 0 spiro atoms.